The minimum atomic E-state index is 0.555. The summed E-state index contributed by atoms with van der Waals surface area (Å²) < 4.78 is 13.2. The third kappa shape index (κ3) is 2.95. The number of benzene rings is 3. The first-order valence-corrected chi connectivity index (χ1v) is 10.9. The Kier molecular flexibility index (Phi) is 4.66. The number of fused-ring (bicyclic) bond motifs is 2. The first-order chi connectivity index (χ1) is 14.5. The third-order valence-electron chi connectivity index (χ3n) is 5.26. The smallest absolute Gasteiger partial charge is 0.156 e. The van der Waals surface area contributed by atoms with Crippen LogP contribution in [0.3, 0.4) is 0 Å². The van der Waals surface area contributed by atoms with E-state index in [2.05, 4.69) is 0 Å². The zero-order valence-electron chi connectivity index (χ0n) is 16.3. The largest absolute Gasteiger partial charge is 0.497 e. The lowest BCUT2D eigenvalue weighted by Crippen LogP contribution is -1.94. The molecule has 0 spiro atoms. The number of halogens is 2. The maximum Gasteiger partial charge on any atom is 0.156 e. The second-order valence-corrected chi connectivity index (χ2v) is 9.16. The SMILES string of the molecule is COc1ccc2c(-c3cccc(-c4oc5cc(C)ccc5c4Cl)c3N)c(Cl)sc2c1. The number of para-hydroxylation sites is 1. The number of hydrogen-bond donors (Lipinski definition) is 1. The van der Waals surface area contributed by atoms with Crippen LogP contribution in [0.2, 0.25) is 9.36 Å². The molecule has 0 fully saturated rings. The van der Waals surface area contributed by atoms with Gasteiger partial charge >= 0.3 is 0 Å². The van der Waals surface area contributed by atoms with Crippen molar-refractivity contribution in [3.05, 3.63) is 69.5 Å². The maximum atomic E-state index is 6.67. The van der Waals surface area contributed by atoms with E-state index in [-0.39, 0.29) is 0 Å². The fraction of sp³-hybridized carbons (Fsp3) is 0.0833. The molecule has 0 bridgehead atoms. The number of hydrogen-bond acceptors (Lipinski definition) is 4. The Bertz CT molecular complexity index is 1430. The van der Waals surface area contributed by atoms with Gasteiger partial charge in [-0.1, -0.05) is 41.4 Å². The Morgan fingerprint density at radius 1 is 0.967 bits per heavy atom. The van der Waals surface area contributed by atoms with Crippen LogP contribution in [-0.4, -0.2) is 7.11 Å². The summed E-state index contributed by atoms with van der Waals surface area (Å²) >= 11 is 14.8. The molecule has 0 saturated heterocycles. The van der Waals surface area contributed by atoms with Crippen LogP contribution in [0.1, 0.15) is 5.56 Å². The van der Waals surface area contributed by atoms with E-state index in [1.807, 2.05) is 61.5 Å². The highest BCUT2D eigenvalue weighted by Crippen LogP contribution is 2.48. The number of furan rings is 1. The summed E-state index contributed by atoms with van der Waals surface area (Å²) in [6.45, 7) is 2.02. The summed E-state index contributed by atoms with van der Waals surface area (Å²) in [6, 6.07) is 17.7. The highest BCUT2D eigenvalue weighted by Gasteiger charge is 2.21. The number of nitrogen functional groups attached to an aromatic ring is 1. The van der Waals surface area contributed by atoms with E-state index in [9.17, 15) is 0 Å². The van der Waals surface area contributed by atoms with Crippen molar-refractivity contribution in [2.75, 3.05) is 12.8 Å². The van der Waals surface area contributed by atoms with Gasteiger partial charge in [0.05, 0.1) is 17.8 Å². The van der Waals surface area contributed by atoms with Crippen LogP contribution in [-0.2, 0) is 0 Å². The van der Waals surface area contributed by atoms with Crippen molar-refractivity contribution in [2.45, 2.75) is 6.92 Å². The summed E-state index contributed by atoms with van der Waals surface area (Å²) in [5.74, 6) is 1.35. The number of ether oxygens (including phenoxy) is 1. The van der Waals surface area contributed by atoms with Crippen molar-refractivity contribution in [1.29, 1.82) is 0 Å². The van der Waals surface area contributed by atoms with Crippen LogP contribution >= 0.6 is 34.5 Å². The predicted molar refractivity (Wildman–Crippen MR) is 128 cm³/mol. The Labute approximate surface area is 187 Å². The molecule has 150 valence electrons. The van der Waals surface area contributed by atoms with Gasteiger partial charge in [-0.3, -0.25) is 0 Å². The van der Waals surface area contributed by atoms with Crippen LogP contribution in [0, 0.1) is 6.92 Å². The zero-order chi connectivity index (χ0) is 21.0. The van der Waals surface area contributed by atoms with E-state index in [1.54, 1.807) is 7.11 Å². The van der Waals surface area contributed by atoms with E-state index >= 15 is 0 Å². The Morgan fingerprint density at radius 3 is 2.53 bits per heavy atom. The molecule has 2 N–H and O–H groups in total. The third-order valence-corrected chi connectivity index (χ3v) is 7.00. The topological polar surface area (TPSA) is 48.4 Å². The number of anilines is 1. The van der Waals surface area contributed by atoms with Crippen LogP contribution in [0.4, 0.5) is 5.69 Å². The number of rotatable bonds is 3. The fourth-order valence-electron chi connectivity index (χ4n) is 3.75. The zero-order valence-corrected chi connectivity index (χ0v) is 18.6. The van der Waals surface area contributed by atoms with Gasteiger partial charge in [0.2, 0.25) is 0 Å². The van der Waals surface area contributed by atoms with E-state index in [4.69, 9.17) is 38.1 Å². The molecule has 0 saturated carbocycles. The molecule has 0 amide bonds. The van der Waals surface area contributed by atoms with Gasteiger partial charge in [-0.05, 0) is 48.9 Å². The van der Waals surface area contributed by atoms with Crippen molar-refractivity contribution in [1.82, 2.24) is 0 Å². The lowest BCUT2D eigenvalue weighted by molar-refractivity contribution is 0.415. The fourth-order valence-corrected chi connectivity index (χ4v) is 5.47. The summed E-state index contributed by atoms with van der Waals surface area (Å²) in [7, 11) is 1.65. The molecule has 5 aromatic rings. The molecule has 3 nitrogen and oxygen atoms in total. The van der Waals surface area contributed by atoms with E-state index in [0.29, 0.717) is 20.8 Å². The van der Waals surface area contributed by atoms with Crippen molar-refractivity contribution in [2.24, 2.45) is 0 Å². The van der Waals surface area contributed by atoms with Gasteiger partial charge in [0.1, 0.15) is 15.7 Å². The standard InChI is InChI=1S/C24H17Cl2NO2S/c1-12-6-8-14-18(10-12)29-23(21(14)25)17-5-3-4-16(22(17)27)20-15-9-7-13(28-2)11-19(15)30-24(20)26/h3-11H,27H2,1-2H3. The van der Waals surface area contributed by atoms with Crippen LogP contribution in [0.25, 0.3) is 43.5 Å². The Morgan fingerprint density at radius 2 is 1.73 bits per heavy atom. The van der Waals surface area contributed by atoms with Gasteiger partial charge in [0, 0.05) is 32.2 Å². The summed E-state index contributed by atoms with van der Waals surface area (Å²) in [4.78, 5) is 0. The minimum absolute atomic E-state index is 0.555. The van der Waals surface area contributed by atoms with Crippen LogP contribution < -0.4 is 10.5 Å². The molecular weight excluding hydrogens is 437 g/mol. The second kappa shape index (κ2) is 7.24. The van der Waals surface area contributed by atoms with Crippen LogP contribution in [0.5, 0.6) is 5.75 Å². The van der Waals surface area contributed by atoms with Gasteiger partial charge in [0.15, 0.2) is 5.76 Å². The van der Waals surface area contributed by atoms with Gasteiger partial charge in [-0.15, -0.1) is 11.3 Å². The maximum absolute atomic E-state index is 6.67. The van der Waals surface area contributed by atoms with E-state index < -0.39 is 0 Å². The Hall–Kier alpha value is -2.66. The van der Waals surface area contributed by atoms with Crippen LogP contribution in [0.15, 0.2) is 59.0 Å². The molecule has 0 aliphatic carbocycles. The number of aryl methyl sites for hydroxylation is 1. The number of thiophene rings is 1. The quantitative estimate of drug-likeness (QED) is 0.280. The number of nitrogens with two attached hydrogens (primary N) is 1. The Balaban J connectivity index is 1.73. The summed E-state index contributed by atoms with van der Waals surface area (Å²) in [5.41, 5.74) is 11.6. The van der Waals surface area contributed by atoms with E-state index in [1.165, 1.54) is 11.3 Å². The molecule has 6 heteroatoms. The van der Waals surface area contributed by atoms with Gasteiger partial charge in [0.25, 0.3) is 0 Å². The highest BCUT2D eigenvalue weighted by molar-refractivity contribution is 7.23. The summed E-state index contributed by atoms with van der Waals surface area (Å²) in [5, 5.41) is 2.45. The average Bonchev–Trinajstić information content (AvgIpc) is 3.23. The molecule has 0 unspecified atom stereocenters. The molecule has 5 rings (SSSR count). The monoisotopic (exact) mass is 453 g/mol. The lowest BCUT2D eigenvalue weighted by Gasteiger charge is -2.10. The highest BCUT2D eigenvalue weighted by atomic mass is 35.5. The summed E-state index contributed by atoms with van der Waals surface area (Å²) in [6.07, 6.45) is 0. The molecule has 0 radical (unpaired) electrons. The molecule has 0 aliphatic rings. The van der Waals surface area contributed by atoms with Crippen molar-refractivity contribution in [3.8, 4) is 28.2 Å². The van der Waals surface area contributed by atoms with Gasteiger partial charge in [-0.2, -0.15) is 0 Å². The molecular formula is C24H17Cl2NO2S. The molecule has 30 heavy (non-hydrogen) atoms. The minimum Gasteiger partial charge on any atom is -0.497 e. The molecule has 3 aromatic carbocycles. The van der Waals surface area contributed by atoms with Crippen molar-refractivity contribution >= 4 is 61.3 Å². The van der Waals surface area contributed by atoms with Crippen molar-refractivity contribution in [3.63, 3.8) is 0 Å². The first-order valence-electron chi connectivity index (χ1n) is 9.32. The first kappa shape index (κ1) is 19.3. The second-order valence-electron chi connectivity index (χ2n) is 7.12. The van der Waals surface area contributed by atoms with Gasteiger partial charge in [-0.25, -0.2) is 0 Å². The molecule has 0 atom stereocenters. The normalized spacial score (nSPS) is 11.5. The number of methoxy groups -OCH3 is 1. The molecule has 0 aliphatic heterocycles. The molecule has 2 heterocycles. The predicted octanol–water partition coefficient (Wildman–Crippen LogP) is 8.19. The van der Waals surface area contributed by atoms with Crippen molar-refractivity contribution < 1.29 is 9.15 Å². The molecule has 2 aromatic heterocycles. The van der Waals surface area contributed by atoms with E-state index in [0.717, 1.165) is 49.1 Å². The van der Waals surface area contributed by atoms with Gasteiger partial charge < -0.3 is 14.9 Å². The lowest BCUT2D eigenvalue weighted by atomic mass is 9.98. The average molecular weight is 454 g/mol.